The van der Waals surface area contributed by atoms with Gasteiger partial charge in [-0.25, -0.2) is 13.1 Å². The van der Waals surface area contributed by atoms with Gasteiger partial charge in [0, 0.05) is 17.5 Å². The van der Waals surface area contributed by atoms with E-state index in [2.05, 4.69) is 20.7 Å². The van der Waals surface area contributed by atoms with Crippen LogP contribution in [0.25, 0.3) is 0 Å². The molecule has 0 aliphatic carbocycles. The molecule has 0 amide bonds. The quantitative estimate of drug-likeness (QED) is 0.804. The average Bonchev–Trinajstić information content (AvgIpc) is 2.28. The fourth-order valence-corrected chi connectivity index (χ4v) is 3.31. The minimum absolute atomic E-state index is 0.154. The Morgan fingerprint density at radius 2 is 2.24 bits per heavy atom. The summed E-state index contributed by atoms with van der Waals surface area (Å²) in [5.74, 6) is 0.154. The Bertz CT molecular complexity index is 466. The maximum absolute atomic E-state index is 12.0. The summed E-state index contributed by atoms with van der Waals surface area (Å²) in [6, 6.07) is 6.02. The number of halogens is 2. The molecule has 96 valence electrons. The largest absolute Gasteiger partial charge is 0.383 e. The second-order valence-electron chi connectivity index (χ2n) is 3.39. The number of benzene rings is 1. The molecule has 0 heterocycles. The van der Waals surface area contributed by atoms with Crippen molar-refractivity contribution < 1.29 is 13.2 Å². The summed E-state index contributed by atoms with van der Waals surface area (Å²) in [5, 5.41) is 0. The zero-order valence-corrected chi connectivity index (χ0v) is 12.3. The van der Waals surface area contributed by atoms with E-state index in [9.17, 15) is 8.42 Å². The van der Waals surface area contributed by atoms with Gasteiger partial charge in [-0.3, -0.25) is 0 Å². The molecule has 0 aliphatic rings. The SMILES string of the molecule is COCC(CCl)NS(=O)(=O)c1cccc(Br)c1. The molecule has 0 aromatic heterocycles. The third-order valence-corrected chi connectivity index (χ3v) is 4.37. The summed E-state index contributed by atoms with van der Waals surface area (Å²) in [5.41, 5.74) is 0. The summed E-state index contributed by atoms with van der Waals surface area (Å²) in [4.78, 5) is 0.193. The van der Waals surface area contributed by atoms with Gasteiger partial charge >= 0.3 is 0 Å². The molecule has 0 aliphatic heterocycles. The highest BCUT2D eigenvalue weighted by Crippen LogP contribution is 2.16. The van der Waals surface area contributed by atoms with E-state index in [4.69, 9.17) is 16.3 Å². The summed E-state index contributed by atoms with van der Waals surface area (Å²) in [7, 11) is -2.07. The Kier molecular flexibility index (Phi) is 5.88. The molecule has 0 radical (unpaired) electrons. The molecular weight excluding hydrogens is 330 g/mol. The Labute approximate surface area is 114 Å². The maximum Gasteiger partial charge on any atom is 0.240 e. The molecule has 0 fully saturated rings. The number of alkyl halides is 1. The number of nitrogens with one attached hydrogen (secondary N) is 1. The van der Waals surface area contributed by atoms with Crippen LogP contribution in [0.4, 0.5) is 0 Å². The molecule has 0 spiro atoms. The van der Waals surface area contributed by atoms with Gasteiger partial charge in [0.05, 0.1) is 17.5 Å². The fraction of sp³-hybridized carbons (Fsp3) is 0.400. The molecule has 1 N–H and O–H groups in total. The van der Waals surface area contributed by atoms with E-state index in [1.807, 2.05) is 0 Å². The molecule has 1 atom stereocenters. The predicted molar refractivity (Wildman–Crippen MR) is 70.8 cm³/mol. The fourth-order valence-electron chi connectivity index (χ4n) is 1.23. The Hall–Kier alpha value is -0.140. The standard InChI is InChI=1S/C10H13BrClNO3S/c1-16-7-9(6-12)13-17(14,15)10-4-2-3-8(11)5-10/h2-5,9,13H,6-7H2,1H3. The van der Waals surface area contributed by atoms with Crippen molar-refractivity contribution in [1.29, 1.82) is 0 Å². The van der Waals surface area contributed by atoms with Gasteiger partial charge in [0.15, 0.2) is 0 Å². The van der Waals surface area contributed by atoms with Crippen molar-refractivity contribution in [3.05, 3.63) is 28.7 Å². The zero-order valence-electron chi connectivity index (χ0n) is 9.19. The average molecular weight is 343 g/mol. The van der Waals surface area contributed by atoms with E-state index in [1.165, 1.54) is 19.2 Å². The molecule has 1 rings (SSSR count). The van der Waals surface area contributed by atoms with Crippen molar-refractivity contribution >= 4 is 37.6 Å². The highest BCUT2D eigenvalue weighted by atomic mass is 79.9. The summed E-state index contributed by atoms with van der Waals surface area (Å²) >= 11 is 8.88. The van der Waals surface area contributed by atoms with Gasteiger partial charge < -0.3 is 4.74 Å². The lowest BCUT2D eigenvalue weighted by molar-refractivity contribution is 0.181. The Morgan fingerprint density at radius 1 is 1.53 bits per heavy atom. The molecule has 1 unspecified atom stereocenters. The molecular formula is C10H13BrClNO3S. The van der Waals surface area contributed by atoms with E-state index in [0.717, 1.165) is 0 Å². The molecule has 7 heteroatoms. The first kappa shape index (κ1) is 14.9. The van der Waals surface area contributed by atoms with Crippen molar-refractivity contribution in [3.8, 4) is 0 Å². The minimum Gasteiger partial charge on any atom is -0.383 e. The summed E-state index contributed by atoms with van der Waals surface area (Å²) in [6.45, 7) is 0.233. The first-order valence-corrected chi connectivity index (χ1v) is 7.63. The van der Waals surface area contributed by atoms with E-state index in [-0.39, 0.29) is 17.4 Å². The van der Waals surface area contributed by atoms with E-state index >= 15 is 0 Å². The number of ether oxygens (including phenoxy) is 1. The second kappa shape index (κ2) is 6.70. The van der Waals surface area contributed by atoms with Crippen molar-refractivity contribution in [2.75, 3.05) is 19.6 Å². The molecule has 1 aromatic rings. The monoisotopic (exact) mass is 341 g/mol. The lowest BCUT2D eigenvalue weighted by Crippen LogP contribution is -2.39. The lowest BCUT2D eigenvalue weighted by Gasteiger charge is -2.15. The second-order valence-corrected chi connectivity index (χ2v) is 6.32. The van der Waals surface area contributed by atoms with Gasteiger partial charge in [-0.05, 0) is 18.2 Å². The third kappa shape index (κ3) is 4.56. The van der Waals surface area contributed by atoms with Gasteiger partial charge in [-0.2, -0.15) is 0 Å². The number of rotatable bonds is 6. The molecule has 1 aromatic carbocycles. The predicted octanol–water partition coefficient (Wildman–Crippen LogP) is 1.98. The summed E-state index contributed by atoms with van der Waals surface area (Å²) < 4.78 is 32.0. The van der Waals surface area contributed by atoms with Crippen LogP contribution in [0.1, 0.15) is 0 Å². The third-order valence-electron chi connectivity index (χ3n) is 1.98. The number of sulfonamides is 1. The van der Waals surface area contributed by atoms with Crippen LogP contribution < -0.4 is 4.72 Å². The lowest BCUT2D eigenvalue weighted by atomic mass is 10.4. The van der Waals surface area contributed by atoms with Gasteiger partial charge in [0.2, 0.25) is 10.0 Å². The Morgan fingerprint density at radius 3 is 2.76 bits per heavy atom. The van der Waals surface area contributed by atoms with Crippen molar-refractivity contribution in [2.45, 2.75) is 10.9 Å². The van der Waals surface area contributed by atoms with Crippen LogP contribution in [-0.4, -0.2) is 34.1 Å². The van der Waals surface area contributed by atoms with E-state index in [0.29, 0.717) is 4.47 Å². The normalized spacial score (nSPS) is 13.6. The molecule has 0 saturated carbocycles. The van der Waals surface area contributed by atoms with Gasteiger partial charge in [0.25, 0.3) is 0 Å². The van der Waals surface area contributed by atoms with E-state index < -0.39 is 16.1 Å². The van der Waals surface area contributed by atoms with Gasteiger partial charge in [-0.15, -0.1) is 11.6 Å². The van der Waals surface area contributed by atoms with E-state index in [1.54, 1.807) is 12.1 Å². The highest BCUT2D eigenvalue weighted by molar-refractivity contribution is 9.10. The first-order chi connectivity index (χ1) is 7.99. The van der Waals surface area contributed by atoms with Crippen LogP contribution in [0.5, 0.6) is 0 Å². The van der Waals surface area contributed by atoms with Crippen LogP contribution in [0, 0.1) is 0 Å². The number of hydrogen-bond donors (Lipinski definition) is 1. The van der Waals surface area contributed by atoms with Crippen LogP contribution in [0.3, 0.4) is 0 Å². The topological polar surface area (TPSA) is 55.4 Å². The van der Waals surface area contributed by atoms with Crippen LogP contribution in [0.15, 0.2) is 33.6 Å². The van der Waals surface area contributed by atoms with Crippen molar-refractivity contribution in [2.24, 2.45) is 0 Å². The Balaban J connectivity index is 2.88. The first-order valence-electron chi connectivity index (χ1n) is 4.82. The van der Waals surface area contributed by atoms with Crippen LogP contribution in [-0.2, 0) is 14.8 Å². The van der Waals surface area contributed by atoms with Crippen molar-refractivity contribution in [1.82, 2.24) is 4.72 Å². The molecule has 17 heavy (non-hydrogen) atoms. The smallest absolute Gasteiger partial charge is 0.240 e. The van der Waals surface area contributed by atoms with Gasteiger partial charge in [0.1, 0.15) is 0 Å². The molecule has 0 bridgehead atoms. The number of hydrogen-bond acceptors (Lipinski definition) is 3. The minimum atomic E-state index is -3.56. The van der Waals surface area contributed by atoms with Crippen LogP contribution >= 0.6 is 27.5 Å². The highest BCUT2D eigenvalue weighted by Gasteiger charge is 2.19. The molecule has 4 nitrogen and oxygen atoms in total. The number of methoxy groups -OCH3 is 1. The zero-order chi connectivity index (χ0) is 12.9. The van der Waals surface area contributed by atoms with Crippen LogP contribution in [0.2, 0.25) is 0 Å². The molecule has 0 saturated heterocycles. The maximum atomic E-state index is 12.0. The summed E-state index contributed by atoms with van der Waals surface area (Å²) in [6.07, 6.45) is 0. The van der Waals surface area contributed by atoms with Crippen molar-refractivity contribution in [3.63, 3.8) is 0 Å². The van der Waals surface area contributed by atoms with Gasteiger partial charge in [-0.1, -0.05) is 22.0 Å².